The molecule has 0 spiro atoms. The first-order valence-electron chi connectivity index (χ1n) is 7.01. The Hall–Kier alpha value is -3.39. The molecular weight excluding hydrogens is 290 g/mol. The van der Waals surface area contributed by atoms with E-state index in [1.807, 2.05) is 30.3 Å². The van der Waals surface area contributed by atoms with Gasteiger partial charge < -0.3 is 4.74 Å². The SMILES string of the molecule is Cc1cc(=O)[nH]nc1-c1cc(C#N)ccc1Oc1ccccc1. The first kappa shape index (κ1) is 14.5. The largest absolute Gasteiger partial charge is 0.457 e. The zero-order chi connectivity index (χ0) is 16.2. The lowest BCUT2D eigenvalue weighted by Crippen LogP contribution is -2.08. The van der Waals surface area contributed by atoms with Crippen molar-refractivity contribution in [3.05, 3.63) is 76.1 Å². The summed E-state index contributed by atoms with van der Waals surface area (Å²) in [5, 5.41) is 15.7. The average molecular weight is 303 g/mol. The number of H-pyrrole nitrogens is 1. The van der Waals surface area contributed by atoms with Crippen molar-refractivity contribution in [3.8, 4) is 28.8 Å². The number of ether oxygens (including phenoxy) is 1. The standard InChI is InChI=1S/C18H13N3O2/c1-12-9-17(22)20-21-18(12)15-10-13(11-19)7-8-16(15)23-14-5-3-2-4-6-14/h2-10H,1H3,(H,20,22). The number of nitriles is 1. The summed E-state index contributed by atoms with van der Waals surface area (Å²) < 4.78 is 5.91. The number of hydrogen-bond donors (Lipinski definition) is 1. The smallest absolute Gasteiger partial charge is 0.264 e. The second-order valence-corrected chi connectivity index (χ2v) is 5.00. The normalized spacial score (nSPS) is 10.1. The second kappa shape index (κ2) is 6.16. The van der Waals surface area contributed by atoms with Crippen LogP contribution in [0.25, 0.3) is 11.3 Å². The van der Waals surface area contributed by atoms with Crippen molar-refractivity contribution in [2.45, 2.75) is 6.92 Å². The molecule has 5 nitrogen and oxygen atoms in total. The number of rotatable bonds is 3. The van der Waals surface area contributed by atoms with Crippen LogP contribution in [0, 0.1) is 18.3 Å². The van der Waals surface area contributed by atoms with Gasteiger partial charge in [-0.3, -0.25) is 4.79 Å². The minimum absolute atomic E-state index is 0.270. The van der Waals surface area contributed by atoms with E-state index in [1.54, 1.807) is 25.1 Å². The fraction of sp³-hybridized carbons (Fsp3) is 0.0556. The number of aryl methyl sites for hydroxylation is 1. The van der Waals surface area contributed by atoms with E-state index in [9.17, 15) is 4.79 Å². The highest BCUT2D eigenvalue weighted by Gasteiger charge is 2.13. The average Bonchev–Trinajstić information content (AvgIpc) is 2.56. The minimum atomic E-state index is -0.270. The van der Waals surface area contributed by atoms with E-state index in [2.05, 4.69) is 16.3 Å². The maximum absolute atomic E-state index is 11.4. The summed E-state index contributed by atoms with van der Waals surface area (Å²) in [5.41, 5.74) is 2.16. The van der Waals surface area contributed by atoms with Gasteiger partial charge in [0.05, 0.1) is 17.3 Å². The summed E-state index contributed by atoms with van der Waals surface area (Å²) in [6.07, 6.45) is 0. The second-order valence-electron chi connectivity index (χ2n) is 5.00. The summed E-state index contributed by atoms with van der Waals surface area (Å²) in [7, 11) is 0. The van der Waals surface area contributed by atoms with Gasteiger partial charge in [-0.15, -0.1) is 0 Å². The van der Waals surface area contributed by atoms with Crippen LogP contribution >= 0.6 is 0 Å². The first-order valence-corrected chi connectivity index (χ1v) is 7.01. The number of aromatic amines is 1. The van der Waals surface area contributed by atoms with E-state index in [-0.39, 0.29) is 5.56 Å². The number of nitrogens with one attached hydrogen (secondary N) is 1. The number of aromatic nitrogens is 2. The zero-order valence-electron chi connectivity index (χ0n) is 12.4. The van der Waals surface area contributed by atoms with Gasteiger partial charge in [0.25, 0.3) is 5.56 Å². The highest BCUT2D eigenvalue weighted by atomic mass is 16.5. The van der Waals surface area contributed by atoms with Gasteiger partial charge in [0.15, 0.2) is 0 Å². The third-order valence-electron chi connectivity index (χ3n) is 3.33. The van der Waals surface area contributed by atoms with Gasteiger partial charge in [-0.25, -0.2) is 5.10 Å². The maximum Gasteiger partial charge on any atom is 0.264 e. The summed E-state index contributed by atoms with van der Waals surface area (Å²) >= 11 is 0. The van der Waals surface area contributed by atoms with E-state index >= 15 is 0 Å². The topological polar surface area (TPSA) is 78.8 Å². The Morgan fingerprint density at radius 1 is 1.13 bits per heavy atom. The summed E-state index contributed by atoms with van der Waals surface area (Å²) in [6.45, 7) is 1.79. The van der Waals surface area contributed by atoms with Crippen molar-refractivity contribution in [1.29, 1.82) is 5.26 Å². The number of benzene rings is 2. The molecule has 5 heteroatoms. The molecule has 0 aliphatic carbocycles. The zero-order valence-corrected chi connectivity index (χ0v) is 12.4. The molecule has 23 heavy (non-hydrogen) atoms. The number of para-hydroxylation sites is 1. The Bertz CT molecular complexity index is 940. The molecule has 0 fully saturated rings. The van der Waals surface area contributed by atoms with Crippen LogP contribution in [0.15, 0.2) is 59.4 Å². The Morgan fingerprint density at radius 3 is 2.61 bits per heavy atom. The Labute approximate surface area is 132 Å². The number of nitrogens with zero attached hydrogens (tertiary/aromatic N) is 2. The van der Waals surface area contributed by atoms with Crippen molar-refractivity contribution in [3.63, 3.8) is 0 Å². The quantitative estimate of drug-likeness (QED) is 0.804. The van der Waals surface area contributed by atoms with Gasteiger partial charge in [-0.1, -0.05) is 18.2 Å². The highest BCUT2D eigenvalue weighted by Crippen LogP contribution is 2.34. The lowest BCUT2D eigenvalue weighted by molar-refractivity contribution is 0.484. The molecule has 0 saturated carbocycles. The molecule has 1 heterocycles. The van der Waals surface area contributed by atoms with Gasteiger partial charge >= 0.3 is 0 Å². The van der Waals surface area contributed by atoms with Crippen LogP contribution in [0.3, 0.4) is 0 Å². The molecule has 0 bridgehead atoms. The van der Waals surface area contributed by atoms with Gasteiger partial charge in [0.2, 0.25) is 0 Å². The van der Waals surface area contributed by atoms with E-state index in [0.29, 0.717) is 33.9 Å². The fourth-order valence-electron chi connectivity index (χ4n) is 2.26. The van der Waals surface area contributed by atoms with Crippen LogP contribution in [0.5, 0.6) is 11.5 Å². The Kier molecular flexibility index (Phi) is 3.89. The third-order valence-corrected chi connectivity index (χ3v) is 3.33. The van der Waals surface area contributed by atoms with Gasteiger partial charge in [0, 0.05) is 11.6 Å². The fourth-order valence-corrected chi connectivity index (χ4v) is 2.26. The van der Waals surface area contributed by atoms with Crippen LogP contribution in [0.4, 0.5) is 0 Å². The molecule has 0 aliphatic rings. The van der Waals surface area contributed by atoms with Crippen molar-refractivity contribution < 1.29 is 4.74 Å². The van der Waals surface area contributed by atoms with Crippen LogP contribution in [0.1, 0.15) is 11.1 Å². The van der Waals surface area contributed by atoms with Crippen molar-refractivity contribution >= 4 is 0 Å². The Morgan fingerprint density at radius 2 is 1.91 bits per heavy atom. The third kappa shape index (κ3) is 3.11. The molecule has 112 valence electrons. The monoisotopic (exact) mass is 303 g/mol. The lowest BCUT2D eigenvalue weighted by Gasteiger charge is -2.12. The molecule has 3 rings (SSSR count). The van der Waals surface area contributed by atoms with Crippen LogP contribution in [-0.2, 0) is 0 Å². The molecule has 0 radical (unpaired) electrons. The van der Waals surface area contributed by atoms with Gasteiger partial charge in [-0.2, -0.15) is 10.4 Å². The molecule has 1 N–H and O–H groups in total. The van der Waals surface area contributed by atoms with Crippen LogP contribution < -0.4 is 10.3 Å². The predicted octanol–water partition coefficient (Wildman–Crippen LogP) is 3.41. The molecule has 2 aromatic carbocycles. The van der Waals surface area contributed by atoms with E-state index < -0.39 is 0 Å². The summed E-state index contributed by atoms with van der Waals surface area (Å²) in [6, 6.07) is 18.0. The highest BCUT2D eigenvalue weighted by molar-refractivity contribution is 5.71. The minimum Gasteiger partial charge on any atom is -0.457 e. The van der Waals surface area contributed by atoms with Crippen LogP contribution in [0.2, 0.25) is 0 Å². The van der Waals surface area contributed by atoms with E-state index in [4.69, 9.17) is 10.00 Å². The summed E-state index contributed by atoms with van der Waals surface area (Å²) in [4.78, 5) is 11.4. The predicted molar refractivity (Wildman–Crippen MR) is 86.3 cm³/mol. The van der Waals surface area contributed by atoms with Crippen molar-refractivity contribution in [2.75, 3.05) is 0 Å². The lowest BCUT2D eigenvalue weighted by atomic mass is 10.0. The maximum atomic E-state index is 11.4. The van der Waals surface area contributed by atoms with E-state index in [0.717, 1.165) is 0 Å². The Balaban J connectivity index is 2.13. The molecule has 3 aromatic rings. The molecule has 0 aliphatic heterocycles. The molecule has 0 amide bonds. The van der Waals surface area contributed by atoms with Gasteiger partial charge in [0.1, 0.15) is 11.5 Å². The molecule has 0 saturated heterocycles. The number of hydrogen-bond acceptors (Lipinski definition) is 4. The molecule has 0 unspecified atom stereocenters. The van der Waals surface area contributed by atoms with E-state index in [1.165, 1.54) is 6.07 Å². The molecule has 1 aromatic heterocycles. The molecular formula is C18H13N3O2. The first-order chi connectivity index (χ1) is 11.2. The molecule has 0 atom stereocenters. The summed E-state index contributed by atoms with van der Waals surface area (Å²) in [5.74, 6) is 1.25. The van der Waals surface area contributed by atoms with Crippen molar-refractivity contribution in [1.82, 2.24) is 10.2 Å². The van der Waals surface area contributed by atoms with Gasteiger partial charge in [-0.05, 0) is 42.8 Å². The van der Waals surface area contributed by atoms with Crippen LogP contribution in [-0.4, -0.2) is 10.2 Å². The van der Waals surface area contributed by atoms with Crippen molar-refractivity contribution in [2.24, 2.45) is 0 Å².